The molecule has 6 nitrogen and oxygen atoms in total. The van der Waals surface area contributed by atoms with Gasteiger partial charge in [0.15, 0.2) is 5.82 Å². The summed E-state index contributed by atoms with van der Waals surface area (Å²) >= 11 is 0. The van der Waals surface area contributed by atoms with Crippen molar-refractivity contribution < 1.29 is 4.74 Å². The monoisotopic (exact) mass is 367 g/mol. The first-order valence-corrected chi connectivity index (χ1v) is 9.90. The van der Waals surface area contributed by atoms with Crippen molar-refractivity contribution in [3.8, 4) is 0 Å². The quantitative estimate of drug-likeness (QED) is 0.831. The first-order valence-electron chi connectivity index (χ1n) is 9.90. The summed E-state index contributed by atoms with van der Waals surface area (Å²) in [5, 5.41) is 8.66. The van der Waals surface area contributed by atoms with Crippen LogP contribution >= 0.6 is 0 Å². The number of aromatic nitrogens is 3. The molecule has 0 aliphatic carbocycles. The molecular weight excluding hydrogens is 338 g/mol. The van der Waals surface area contributed by atoms with Crippen LogP contribution in [0.5, 0.6) is 0 Å². The lowest BCUT2D eigenvalue weighted by atomic mass is 9.80. The van der Waals surface area contributed by atoms with Gasteiger partial charge in [0.25, 0.3) is 0 Å². The van der Waals surface area contributed by atoms with Gasteiger partial charge in [0, 0.05) is 37.3 Å². The lowest BCUT2D eigenvalue weighted by Gasteiger charge is -2.43. The number of anilines is 1. The zero-order valence-corrected chi connectivity index (χ0v) is 16.4. The van der Waals surface area contributed by atoms with Crippen LogP contribution in [0, 0.1) is 19.3 Å². The highest BCUT2D eigenvalue weighted by molar-refractivity contribution is 5.38. The molecule has 1 unspecified atom stereocenters. The van der Waals surface area contributed by atoms with Crippen LogP contribution in [0.3, 0.4) is 0 Å². The zero-order chi connectivity index (χ0) is 18.7. The Morgan fingerprint density at radius 3 is 2.78 bits per heavy atom. The van der Waals surface area contributed by atoms with E-state index in [1.807, 2.05) is 13.0 Å². The summed E-state index contributed by atoms with van der Waals surface area (Å²) in [7, 11) is 0. The fourth-order valence-electron chi connectivity index (χ4n) is 4.36. The van der Waals surface area contributed by atoms with Crippen LogP contribution in [0.15, 0.2) is 30.3 Å². The number of rotatable bonds is 3. The number of ether oxygens (including phenoxy) is 1. The Kier molecular flexibility index (Phi) is 5.36. The molecule has 2 aromatic rings. The molecule has 0 radical (unpaired) electrons. The third-order valence-corrected chi connectivity index (χ3v) is 5.62. The van der Waals surface area contributed by atoms with Gasteiger partial charge in [-0.25, -0.2) is 0 Å². The van der Waals surface area contributed by atoms with Gasteiger partial charge in [0.1, 0.15) is 0 Å². The maximum absolute atomic E-state index is 6.05. The molecule has 4 heterocycles. The zero-order valence-electron chi connectivity index (χ0n) is 16.4. The van der Waals surface area contributed by atoms with Gasteiger partial charge in [-0.05, 0) is 57.5 Å². The fraction of sp³-hybridized carbons (Fsp3) is 0.571. The molecule has 2 aliphatic rings. The van der Waals surface area contributed by atoms with Crippen LogP contribution in [0.25, 0.3) is 0 Å². The molecular formula is C21H29N5O. The third-order valence-electron chi connectivity index (χ3n) is 5.62. The lowest BCUT2D eigenvalue weighted by Crippen LogP contribution is -2.50. The van der Waals surface area contributed by atoms with E-state index in [0.29, 0.717) is 0 Å². The van der Waals surface area contributed by atoms with Gasteiger partial charge >= 0.3 is 0 Å². The molecule has 144 valence electrons. The van der Waals surface area contributed by atoms with E-state index in [1.54, 1.807) is 0 Å². The second-order valence-corrected chi connectivity index (χ2v) is 8.09. The van der Waals surface area contributed by atoms with Crippen LogP contribution in [-0.2, 0) is 11.3 Å². The summed E-state index contributed by atoms with van der Waals surface area (Å²) in [5.41, 5.74) is 3.34. The van der Waals surface area contributed by atoms with E-state index in [4.69, 9.17) is 4.74 Å². The smallest absolute Gasteiger partial charge is 0.151 e. The van der Waals surface area contributed by atoms with Gasteiger partial charge in [-0.1, -0.05) is 6.07 Å². The summed E-state index contributed by atoms with van der Waals surface area (Å²) < 4.78 is 6.05. The average Bonchev–Trinajstić information content (AvgIpc) is 2.85. The minimum Gasteiger partial charge on any atom is -0.379 e. The Hall–Kier alpha value is -2.05. The van der Waals surface area contributed by atoms with Crippen LogP contribution in [-0.4, -0.2) is 59.5 Å². The first kappa shape index (κ1) is 18.3. The van der Waals surface area contributed by atoms with E-state index < -0.39 is 0 Å². The lowest BCUT2D eigenvalue weighted by molar-refractivity contribution is 0.0103. The molecule has 4 rings (SSSR count). The maximum atomic E-state index is 6.05. The van der Waals surface area contributed by atoms with Crippen LogP contribution in [0.4, 0.5) is 5.82 Å². The topological polar surface area (TPSA) is 54.4 Å². The predicted molar refractivity (Wildman–Crippen MR) is 106 cm³/mol. The number of piperidine rings is 1. The van der Waals surface area contributed by atoms with Crippen molar-refractivity contribution in [3.05, 3.63) is 47.4 Å². The molecule has 1 atom stereocenters. The van der Waals surface area contributed by atoms with Gasteiger partial charge in [0.2, 0.25) is 0 Å². The van der Waals surface area contributed by atoms with E-state index in [0.717, 1.165) is 68.8 Å². The van der Waals surface area contributed by atoms with E-state index in [-0.39, 0.29) is 5.41 Å². The number of hydrogen-bond donors (Lipinski definition) is 0. The summed E-state index contributed by atoms with van der Waals surface area (Å²) in [6.45, 7) is 10.5. The molecule has 0 aromatic carbocycles. The van der Waals surface area contributed by atoms with Crippen molar-refractivity contribution in [2.75, 3.05) is 44.3 Å². The molecule has 0 saturated carbocycles. The van der Waals surface area contributed by atoms with E-state index in [2.05, 4.69) is 56.2 Å². The first-order chi connectivity index (χ1) is 13.1. The van der Waals surface area contributed by atoms with E-state index in [1.165, 1.54) is 12.8 Å². The van der Waals surface area contributed by atoms with Crippen LogP contribution < -0.4 is 4.90 Å². The predicted octanol–water partition coefficient (Wildman–Crippen LogP) is 2.61. The van der Waals surface area contributed by atoms with E-state index in [9.17, 15) is 0 Å². The fourth-order valence-corrected chi connectivity index (χ4v) is 4.36. The van der Waals surface area contributed by atoms with Gasteiger partial charge in [0.05, 0.1) is 24.6 Å². The van der Waals surface area contributed by atoms with E-state index >= 15 is 0 Å². The molecule has 2 saturated heterocycles. The normalized spacial score (nSPS) is 24.1. The minimum absolute atomic E-state index is 0.144. The summed E-state index contributed by atoms with van der Waals surface area (Å²) in [6, 6.07) is 10.4. The number of nitrogens with zero attached hydrogens (tertiary/aromatic N) is 5. The van der Waals surface area contributed by atoms with Crippen LogP contribution in [0.1, 0.15) is 29.9 Å². The summed E-state index contributed by atoms with van der Waals surface area (Å²) in [5.74, 6) is 0.961. The van der Waals surface area contributed by atoms with Gasteiger partial charge < -0.3 is 9.64 Å². The molecule has 0 bridgehead atoms. The Morgan fingerprint density at radius 1 is 1.04 bits per heavy atom. The second kappa shape index (κ2) is 7.90. The summed E-state index contributed by atoms with van der Waals surface area (Å²) in [4.78, 5) is 9.58. The highest BCUT2D eigenvalue weighted by Crippen LogP contribution is 2.34. The van der Waals surface area contributed by atoms with Crippen molar-refractivity contribution >= 4 is 5.82 Å². The number of aryl methyl sites for hydroxylation is 2. The van der Waals surface area contributed by atoms with Crippen molar-refractivity contribution in [2.24, 2.45) is 5.41 Å². The molecule has 2 aromatic heterocycles. The SMILES string of the molecule is Cc1ccc(N2CCOCC3(CCCN(Cc4cccc(C)n4)C3)C2)nn1. The molecule has 6 heteroatoms. The largest absolute Gasteiger partial charge is 0.379 e. The van der Waals surface area contributed by atoms with Gasteiger partial charge in [-0.3, -0.25) is 9.88 Å². The Labute approximate surface area is 161 Å². The van der Waals surface area contributed by atoms with Crippen molar-refractivity contribution in [3.63, 3.8) is 0 Å². The Bertz CT molecular complexity index is 765. The molecule has 0 amide bonds. The molecule has 27 heavy (non-hydrogen) atoms. The highest BCUT2D eigenvalue weighted by atomic mass is 16.5. The third kappa shape index (κ3) is 4.45. The molecule has 0 N–H and O–H groups in total. The standard InChI is InChI=1S/C21H29N5O/c1-17-5-3-6-19(22-17)13-25-10-4-9-21(14-25)15-26(11-12-27-16-21)20-8-7-18(2)23-24-20/h3,5-8H,4,9-16H2,1-2H3. The molecule has 2 aliphatic heterocycles. The van der Waals surface area contributed by atoms with Gasteiger partial charge in [-0.15, -0.1) is 5.10 Å². The summed E-state index contributed by atoms with van der Waals surface area (Å²) in [6.07, 6.45) is 2.39. The number of pyridine rings is 1. The molecule has 1 spiro atoms. The maximum Gasteiger partial charge on any atom is 0.151 e. The molecule has 2 fully saturated rings. The van der Waals surface area contributed by atoms with Crippen LogP contribution in [0.2, 0.25) is 0 Å². The Balaban J connectivity index is 1.49. The van der Waals surface area contributed by atoms with Crippen molar-refractivity contribution in [2.45, 2.75) is 33.2 Å². The van der Waals surface area contributed by atoms with Crippen molar-refractivity contribution in [1.82, 2.24) is 20.1 Å². The van der Waals surface area contributed by atoms with Gasteiger partial charge in [-0.2, -0.15) is 5.10 Å². The number of likely N-dealkylation sites (tertiary alicyclic amines) is 1. The highest BCUT2D eigenvalue weighted by Gasteiger charge is 2.39. The second-order valence-electron chi connectivity index (χ2n) is 8.09. The minimum atomic E-state index is 0.144. The van der Waals surface area contributed by atoms with Crippen molar-refractivity contribution in [1.29, 1.82) is 0 Å². The Morgan fingerprint density at radius 2 is 1.96 bits per heavy atom. The average molecular weight is 367 g/mol. The number of hydrogen-bond acceptors (Lipinski definition) is 6.